The minimum Gasteiger partial charge on any atom is -0.462 e. The first-order chi connectivity index (χ1) is 29.0. The van der Waals surface area contributed by atoms with E-state index in [2.05, 4.69) is 54.8 Å². The van der Waals surface area contributed by atoms with Crippen molar-refractivity contribution in [1.29, 1.82) is 0 Å². The molecule has 350 valence electrons. The molecule has 0 aromatic heterocycles. The molecule has 0 saturated carbocycles. The molecule has 11 nitrogen and oxygen atoms in total. The first-order valence-corrected chi connectivity index (χ1v) is 25.0. The molecular formula is C48H87O11P. The van der Waals surface area contributed by atoms with E-state index in [-0.39, 0.29) is 25.6 Å². The van der Waals surface area contributed by atoms with Gasteiger partial charge in [-0.2, -0.15) is 0 Å². The number of rotatable bonds is 43. The summed E-state index contributed by atoms with van der Waals surface area (Å²) in [6.45, 7) is 4.39. The number of unbranched alkanes of at least 4 members (excludes halogenated alkanes) is 16. The van der Waals surface area contributed by atoms with E-state index in [1.165, 1.54) is 83.5 Å². The predicted octanol–water partition coefficient (Wildman–Crippen LogP) is 11.7. The first-order valence-electron chi connectivity index (χ1n) is 23.5. The van der Waals surface area contributed by atoms with Crippen LogP contribution in [-0.2, 0) is 32.7 Å². The largest absolute Gasteiger partial charge is 0.472 e. The number of hydrogen-bond donors (Lipinski definition) is 4. The smallest absolute Gasteiger partial charge is 0.462 e. The van der Waals surface area contributed by atoms with Gasteiger partial charge in [0.05, 0.1) is 25.9 Å². The lowest BCUT2D eigenvalue weighted by Gasteiger charge is -2.20. The van der Waals surface area contributed by atoms with Crippen LogP contribution in [0.5, 0.6) is 0 Å². The second kappa shape index (κ2) is 42.2. The summed E-state index contributed by atoms with van der Waals surface area (Å²) in [5.74, 6) is -0.177. The fourth-order valence-corrected chi connectivity index (χ4v) is 7.06. The lowest BCUT2D eigenvalue weighted by molar-refractivity contribution is -0.161. The van der Waals surface area contributed by atoms with Crippen molar-refractivity contribution in [1.82, 2.24) is 0 Å². The molecule has 12 heteroatoms. The molecule has 4 atom stereocenters. The van der Waals surface area contributed by atoms with Crippen LogP contribution in [-0.4, -0.2) is 76.9 Å². The molecular weight excluding hydrogens is 783 g/mol. The number of esters is 2. The minimum absolute atomic E-state index is 0.152. The van der Waals surface area contributed by atoms with E-state index < -0.39 is 51.8 Å². The standard InChI is InChI=1S/C48H87O11P/c1-4-44(50)36-32-28-24-20-16-12-9-10-13-17-21-25-29-33-37-47(52)56-41-46(42-58-60(54,55)57-40-45(51)39-49)59-48(53)38-34-30-26-22-18-14-8-6-5-7-11-15-19-23-27-31-35-43(2)3/h10,12-13,16,21,24-25,28,43-46,49-51H,4-9,11,14-15,17-20,22-23,26-27,29-42H2,1-3H3,(H,54,55)/b13-10-,16-12-,25-21-,28-24-/t44-,45-,46+/m0/s1. The Morgan fingerprint density at radius 3 is 1.50 bits per heavy atom. The Labute approximate surface area is 365 Å². The maximum atomic E-state index is 12.6. The van der Waals surface area contributed by atoms with Crippen LogP contribution < -0.4 is 0 Å². The Morgan fingerprint density at radius 2 is 1.00 bits per heavy atom. The molecule has 0 amide bonds. The van der Waals surface area contributed by atoms with E-state index in [4.69, 9.17) is 19.1 Å². The van der Waals surface area contributed by atoms with Gasteiger partial charge >= 0.3 is 19.8 Å². The Hall–Kier alpha value is -2.11. The van der Waals surface area contributed by atoms with Gasteiger partial charge < -0.3 is 29.7 Å². The summed E-state index contributed by atoms with van der Waals surface area (Å²) < 4.78 is 32.7. The monoisotopic (exact) mass is 871 g/mol. The predicted molar refractivity (Wildman–Crippen MR) is 243 cm³/mol. The Kier molecular flexibility index (Phi) is 40.7. The molecule has 0 aliphatic carbocycles. The lowest BCUT2D eigenvalue weighted by atomic mass is 10.0. The summed E-state index contributed by atoms with van der Waals surface area (Å²) in [7, 11) is -4.64. The van der Waals surface area contributed by atoms with Gasteiger partial charge in [0.1, 0.15) is 12.7 Å². The summed E-state index contributed by atoms with van der Waals surface area (Å²) in [6, 6.07) is 0. The van der Waals surface area contributed by atoms with Crippen LogP contribution in [0.15, 0.2) is 48.6 Å². The molecule has 0 aromatic rings. The van der Waals surface area contributed by atoms with E-state index in [9.17, 15) is 29.3 Å². The van der Waals surface area contributed by atoms with Gasteiger partial charge in [-0.1, -0.05) is 172 Å². The van der Waals surface area contributed by atoms with Crippen LogP contribution in [0.3, 0.4) is 0 Å². The van der Waals surface area contributed by atoms with E-state index in [0.717, 1.165) is 63.7 Å². The molecule has 4 N–H and O–H groups in total. The molecule has 0 saturated heterocycles. The highest BCUT2D eigenvalue weighted by Crippen LogP contribution is 2.43. The molecule has 0 fully saturated rings. The first kappa shape index (κ1) is 57.9. The van der Waals surface area contributed by atoms with Gasteiger partial charge in [-0.3, -0.25) is 18.6 Å². The number of aliphatic hydroxyl groups is 3. The number of carbonyl (C=O) groups excluding carboxylic acids is 2. The van der Waals surface area contributed by atoms with Gasteiger partial charge in [-0.05, 0) is 63.7 Å². The quantitative estimate of drug-likeness (QED) is 0.0199. The van der Waals surface area contributed by atoms with E-state index >= 15 is 0 Å². The van der Waals surface area contributed by atoms with Gasteiger partial charge in [0.15, 0.2) is 6.10 Å². The van der Waals surface area contributed by atoms with Crippen molar-refractivity contribution in [2.24, 2.45) is 5.92 Å². The third-order valence-electron chi connectivity index (χ3n) is 10.1. The van der Waals surface area contributed by atoms with Gasteiger partial charge in [-0.15, -0.1) is 0 Å². The molecule has 0 radical (unpaired) electrons. The third-order valence-corrected chi connectivity index (χ3v) is 11.0. The van der Waals surface area contributed by atoms with Crippen molar-refractivity contribution < 1.29 is 52.9 Å². The van der Waals surface area contributed by atoms with Crippen LogP contribution in [0, 0.1) is 5.92 Å². The SMILES string of the molecule is CC[C@H](O)CC/C=C\C/C=C\C/C=C\C/C=C\CCCC(=O)OC[C@H](COP(=O)(O)OC[C@@H](O)CO)OC(=O)CCCCCCCCCCCCCCCCCCC(C)C. The molecule has 0 aromatic carbocycles. The maximum Gasteiger partial charge on any atom is 0.472 e. The number of ether oxygens (including phenoxy) is 2. The normalized spacial score (nSPS) is 14.8. The highest BCUT2D eigenvalue weighted by atomic mass is 31.2. The van der Waals surface area contributed by atoms with Gasteiger partial charge in [-0.25, -0.2) is 4.57 Å². The summed E-state index contributed by atoms with van der Waals surface area (Å²) in [5, 5.41) is 27.9. The molecule has 0 rings (SSSR count). The van der Waals surface area contributed by atoms with Crippen molar-refractivity contribution >= 4 is 19.8 Å². The van der Waals surface area contributed by atoms with Crippen LogP contribution >= 0.6 is 7.82 Å². The van der Waals surface area contributed by atoms with Gasteiger partial charge in [0, 0.05) is 12.8 Å². The summed E-state index contributed by atoms with van der Waals surface area (Å²) in [5.41, 5.74) is 0. The fraction of sp³-hybridized carbons (Fsp3) is 0.792. The zero-order chi connectivity index (χ0) is 44.4. The number of carbonyl (C=O) groups is 2. The molecule has 1 unspecified atom stereocenters. The number of phosphoric acid groups is 1. The van der Waals surface area contributed by atoms with Crippen LogP contribution in [0.2, 0.25) is 0 Å². The van der Waals surface area contributed by atoms with Crippen LogP contribution in [0.4, 0.5) is 0 Å². The average Bonchev–Trinajstić information content (AvgIpc) is 3.22. The average molecular weight is 871 g/mol. The Bertz CT molecular complexity index is 1170. The van der Waals surface area contributed by atoms with Crippen molar-refractivity contribution in [3.05, 3.63) is 48.6 Å². The number of allylic oxidation sites excluding steroid dienone is 8. The third kappa shape index (κ3) is 42.6. The van der Waals surface area contributed by atoms with E-state index in [1.807, 2.05) is 19.1 Å². The van der Waals surface area contributed by atoms with E-state index in [0.29, 0.717) is 19.3 Å². The zero-order valence-corrected chi connectivity index (χ0v) is 38.8. The molecule has 60 heavy (non-hydrogen) atoms. The van der Waals surface area contributed by atoms with Gasteiger partial charge in [0.2, 0.25) is 0 Å². The maximum absolute atomic E-state index is 12.6. The highest BCUT2D eigenvalue weighted by Gasteiger charge is 2.27. The number of aliphatic hydroxyl groups excluding tert-OH is 3. The second-order valence-corrected chi connectivity index (χ2v) is 17.9. The van der Waals surface area contributed by atoms with Crippen molar-refractivity contribution in [3.63, 3.8) is 0 Å². The topological polar surface area (TPSA) is 169 Å². The molecule has 0 heterocycles. The van der Waals surface area contributed by atoms with Crippen molar-refractivity contribution in [2.75, 3.05) is 26.4 Å². The van der Waals surface area contributed by atoms with Crippen LogP contribution in [0.1, 0.15) is 194 Å². The van der Waals surface area contributed by atoms with Gasteiger partial charge in [0.25, 0.3) is 0 Å². The minimum atomic E-state index is -4.64. The molecule has 0 aliphatic heterocycles. The van der Waals surface area contributed by atoms with E-state index in [1.54, 1.807) is 0 Å². The lowest BCUT2D eigenvalue weighted by Crippen LogP contribution is -2.29. The Morgan fingerprint density at radius 1 is 0.550 bits per heavy atom. The molecule has 0 spiro atoms. The van der Waals surface area contributed by atoms with Crippen LogP contribution in [0.25, 0.3) is 0 Å². The van der Waals surface area contributed by atoms with Crippen molar-refractivity contribution in [2.45, 2.75) is 212 Å². The highest BCUT2D eigenvalue weighted by molar-refractivity contribution is 7.47. The second-order valence-electron chi connectivity index (χ2n) is 16.4. The Balaban J connectivity index is 4.32. The molecule has 0 bridgehead atoms. The number of hydrogen-bond acceptors (Lipinski definition) is 10. The summed E-state index contributed by atoms with van der Waals surface area (Å²) in [6.07, 6.45) is 41.7. The number of phosphoric ester groups is 1. The zero-order valence-electron chi connectivity index (χ0n) is 37.9. The summed E-state index contributed by atoms with van der Waals surface area (Å²) in [4.78, 5) is 35.1. The fourth-order valence-electron chi connectivity index (χ4n) is 6.27. The molecule has 0 aliphatic rings. The summed E-state index contributed by atoms with van der Waals surface area (Å²) >= 11 is 0. The van der Waals surface area contributed by atoms with Crippen molar-refractivity contribution in [3.8, 4) is 0 Å².